The Labute approximate surface area is 215 Å². The quantitative estimate of drug-likeness (QED) is 0.269. The topological polar surface area (TPSA) is 123 Å². The van der Waals surface area contributed by atoms with Gasteiger partial charge in [-0.3, -0.25) is 4.72 Å². The summed E-state index contributed by atoms with van der Waals surface area (Å²) in [6.07, 6.45) is -5.12. The van der Waals surface area contributed by atoms with Gasteiger partial charge in [0, 0.05) is 28.9 Å². The zero-order chi connectivity index (χ0) is 26.9. The van der Waals surface area contributed by atoms with Gasteiger partial charge < -0.3 is 9.72 Å². The predicted molar refractivity (Wildman–Crippen MR) is 136 cm³/mol. The Hall–Kier alpha value is -4.26. The molecule has 196 valence electrons. The third-order valence-corrected chi connectivity index (χ3v) is 6.99. The second kappa shape index (κ2) is 9.89. The van der Waals surface area contributed by atoms with Gasteiger partial charge in [-0.15, -0.1) is 0 Å². The highest BCUT2D eigenvalue weighted by molar-refractivity contribution is 7.92. The van der Waals surface area contributed by atoms with Gasteiger partial charge in [-0.25, -0.2) is 28.4 Å². The molecule has 1 unspecified atom stereocenters. The average molecular weight is 543 g/mol. The van der Waals surface area contributed by atoms with Crippen molar-refractivity contribution in [1.82, 2.24) is 24.9 Å². The van der Waals surface area contributed by atoms with Crippen molar-refractivity contribution in [2.75, 3.05) is 10.5 Å². The normalized spacial score (nSPS) is 13.1. The summed E-state index contributed by atoms with van der Waals surface area (Å²) in [4.78, 5) is 19.6. The van der Waals surface area contributed by atoms with E-state index in [0.717, 1.165) is 23.3 Å². The number of alkyl halides is 3. The van der Waals surface area contributed by atoms with Crippen molar-refractivity contribution in [2.45, 2.75) is 25.6 Å². The molecule has 38 heavy (non-hydrogen) atoms. The number of H-pyrrole nitrogens is 1. The lowest BCUT2D eigenvalue weighted by molar-refractivity contribution is -0.198. The van der Waals surface area contributed by atoms with E-state index in [2.05, 4.69) is 29.6 Å². The van der Waals surface area contributed by atoms with Crippen LogP contribution in [0.3, 0.4) is 0 Å². The summed E-state index contributed by atoms with van der Waals surface area (Å²) in [6.45, 7) is 1.65. The van der Waals surface area contributed by atoms with Crippen molar-refractivity contribution >= 4 is 37.8 Å². The summed E-state index contributed by atoms with van der Waals surface area (Å²) in [5.41, 5.74) is 1.49. The minimum absolute atomic E-state index is 0.199. The van der Waals surface area contributed by atoms with Crippen LogP contribution in [0.25, 0.3) is 33.5 Å². The number of aromatic nitrogens is 5. The van der Waals surface area contributed by atoms with Crippen molar-refractivity contribution in [2.24, 2.45) is 0 Å². The molecule has 0 aliphatic carbocycles. The van der Waals surface area contributed by atoms with Gasteiger partial charge in [0.2, 0.25) is 21.9 Å². The Morgan fingerprint density at radius 1 is 1.00 bits per heavy atom. The fourth-order valence-corrected chi connectivity index (χ4v) is 4.91. The first kappa shape index (κ1) is 25.4. The molecule has 0 fully saturated rings. The van der Waals surface area contributed by atoms with Crippen molar-refractivity contribution in [3.05, 3.63) is 72.6 Å². The van der Waals surface area contributed by atoms with E-state index < -0.39 is 39.6 Å². The van der Waals surface area contributed by atoms with Crippen LogP contribution in [0.1, 0.15) is 25.0 Å². The molecule has 0 bridgehead atoms. The highest BCUT2D eigenvalue weighted by atomic mass is 32.2. The molecule has 13 heteroatoms. The Morgan fingerprint density at radius 3 is 2.32 bits per heavy atom. The molecule has 3 heterocycles. The Bertz CT molecular complexity index is 1670. The number of rotatable bonds is 8. The Balaban J connectivity index is 1.51. The lowest BCUT2D eigenvalue weighted by Gasteiger charge is -2.22. The van der Waals surface area contributed by atoms with Crippen LogP contribution in [0.2, 0.25) is 0 Å². The van der Waals surface area contributed by atoms with Crippen LogP contribution >= 0.6 is 0 Å². The third-order valence-electron chi connectivity index (χ3n) is 5.54. The number of nitrogens with zero attached hydrogens (tertiary/aromatic N) is 4. The summed E-state index contributed by atoms with van der Waals surface area (Å²) in [6, 6.07) is 15.6. The first-order chi connectivity index (χ1) is 18.1. The molecule has 0 amide bonds. The molecule has 5 aromatic rings. The van der Waals surface area contributed by atoms with Crippen LogP contribution < -0.4 is 9.46 Å². The molecule has 1 atom stereocenters. The number of nitrogens with one attached hydrogen (secondary N) is 2. The fraction of sp³-hybridized carbons (Fsp3) is 0.200. The molecule has 0 radical (unpaired) electrons. The molecule has 0 spiro atoms. The Morgan fingerprint density at radius 2 is 1.66 bits per heavy atom. The number of aromatic amines is 1. The molecular weight excluding hydrogens is 521 g/mol. The van der Waals surface area contributed by atoms with Crippen LogP contribution in [0.4, 0.5) is 19.0 Å². The summed E-state index contributed by atoms with van der Waals surface area (Å²) < 4.78 is 74.9. The zero-order valence-corrected chi connectivity index (χ0v) is 20.7. The van der Waals surface area contributed by atoms with Gasteiger partial charge >= 0.3 is 6.18 Å². The molecule has 3 aromatic heterocycles. The molecule has 2 aromatic carbocycles. The predicted octanol–water partition coefficient (Wildman–Crippen LogP) is 5.40. The molecule has 0 saturated carbocycles. The van der Waals surface area contributed by atoms with E-state index in [1.807, 2.05) is 24.3 Å². The molecule has 5 rings (SSSR count). The minimum atomic E-state index is -4.90. The molecule has 0 aliphatic heterocycles. The molecule has 0 aliphatic rings. The molecular formula is C25H21F3N6O3S. The van der Waals surface area contributed by atoms with Crippen LogP contribution in [-0.4, -0.2) is 45.3 Å². The third kappa shape index (κ3) is 5.37. The number of benzene rings is 2. The van der Waals surface area contributed by atoms with Gasteiger partial charge in [0.1, 0.15) is 0 Å². The summed E-state index contributed by atoms with van der Waals surface area (Å²) in [5.74, 6) is -1.12. The number of halogens is 3. The highest BCUT2D eigenvalue weighted by Crippen LogP contribution is 2.38. The molecule has 0 saturated heterocycles. The van der Waals surface area contributed by atoms with Gasteiger partial charge in [-0.05, 0) is 30.7 Å². The number of fused-ring (bicyclic) bond motifs is 2. The van der Waals surface area contributed by atoms with E-state index >= 15 is 0 Å². The average Bonchev–Trinajstić information content (AvgIpc) is 3.31. The van der Waals surface area contributed by atoms with Gasteiger partial charge in [0.05, 0.1) is 22.5 Å². The first-order valence-corrected chi connectivity index (χ1v) is 13.2. The van der Waals surface area contributed by atoms with E-state index in [0.29, 0.717) is 5.69 Å². The van der Waals surface area contributed by atoms with E-state index in [9.17, 15) is 21.6 Å². The molecule has 9 nitrogen and oxygen atoms in total. The molecule has 2 N–H and O–H groups in total. The van der Waals surface area contributed by atoms with Crippen molar-refractivity contribution in [3.8, 4) is 17.4 Å². The minimum Gasteiger partial charge on any atom is -0.457 e. The van der Waals surface area contributed by atoms with Gasteiger partial charge in [-0.1, -0.05) is 37.3 Å². The van der Waals surface area contributed by atoms with E-state index in [1.54, 1.807) is 31.2 Å². The standard InChI is InChI=1S/C25H21F3N6O3S/c1-2-11-38(35,36)34-23-24(33-19-10-6-5-9-18(19)32-23)37-21(25(26,27)28)16-13-29-22(30-14-16)20-12-15-7-3-4-8-17(15)31-20/h3-10,12-14,21,31H,2,11H2,1H3,(H,32,34). The largest absolute Gasteiger partial charge is 0.457 e. The number of anilines is 1. The Kier molecular flexibility index (Phi) is 6.61. The van der Waals surface area contributed by atoms with Gasteiger partial charge in [0.25, 0.3) is 5.88 Å². The smallest absolute Gasteiger partial charge is 0.429 e. The van der Waals surface area contributed by atoms with Crippen LogP contribution in [0, 0.1) is 0 Å². The number of sulfonamides is 1. The van der Waals surface area contributed by atoms with Crippen molar-refractivity contribution in [3.63, 3.8) is 0 Å². The summed E-state index contributed by atoms with van der Waals surface area (Å²) in [5, 5.41) is 0.902. The number of hydrogen-bond acceptors (Lipinski definition) is 7. The van der Waals surface area contributed by atoms with Crippen LogP contribution in [-0.2, 0) is 10.0 Å². The van der Waals surface area contributed by atoms with E-state index in [4.69, 9.17) is 4.74 Å². The van der Waals surface area contributed by atoms with E-state index in [1.165, 1.54) is 6.07 Å². The number of para-hydroxylation sites is 3. The second-order valence-corrected chi connectivity index (χ2v) is 10.3. The number of ether oxygens (including phenoxy) is 1. The van der Waals surface area contributed by atoms with Gasteiger partial charge in [0.15, 0.2) is 5.82 Å². The van der Waals surface area contributed by atoms with Gasteiger partial charge in [-0.2, -0.15) is 13.2 Å². The van der Waals surface area contributed by atoms with Crippen LogP contribution in [0.5, 0.6) is 5.88 Å². The number of hydrogen-bond donors (Lipinski definition) is 2. The van der Waals surface area contributed by atoms with Crippen LogP contribution in [0.15, 0.2) is 67.0 Å². The summed E-state index contributed by atoms with van der Waals surface area (Å²) in [7, 11) is -3.90. The van der Waals surface area contributed by atoms with Crippen molar-refractivity contribution in [1.29, 1.82) is 0 Å². The lowest BCUT2D eigenvalue weighted by atomic mass is 10.2. The van der Waals surface area contributed by atoms with Crippen molar-refractivity contribution < 1.29 is 26.3 Å². The maximum absolute atomic E-state index is 14.2. The fourth-order valence-electron chi connectivity index (χ4n) is 3.84. The highest BCUT2D eigenvalue weighted by Gasteiger charge is 2.44. The maximum atomic E-state index is 14.2. The monoisotopic (exact) mass is 542 g/mol. The lowest BCUT2D eigenvalue weighted by Crippen LogP contribution is -2.28. The summed E-state index contributed by atoms with van der Waals surface area (Å²) >= 11 is 0. The first-order valence-electron chi connectivity index (χ1n) is 11.5. The van der Waals surface area contributed by atoms with E-state index in [-0.39, 0.29) is 29.0 Å². The second-order valence-electron chi connectivity index (χ2n) is 8.44. The SMILES string of the molecule is CCCS(=O)(=O)Nc1nc2ccccc2nc1OC(c1cnc(-c2cc3ccccc3[nH]2)nc1)C(F)(F)F. The zero-order valence-electron chi connectivity index (χ0n) is 19.9. The maximum Gasteiger partial charge on any atom is 0.429 e.